The first kappa shape index (κ1) is 20.8. The smallest absolute Gasteiger partial charge is 0.191 e. The number of ether oxygens (including phenoxy) is 2. The van der Waals surface area contributed by atoms with E-state index in [9.17, 15) is 4.39 Å². The summed E-state index contributed by atoms with van der Waals surface area (Å²) in [6.45, 7) is 5.12. The lowest BCUT2D eigenvalue weighted by molar-refractivity contribution is 0.0782. The van der Waals surface area contributed by atoms with Gasteiger partial charge in [-0.3, -0.25) is 4.99 Å². The minimum Gasteiger partial charge on any atom is -0.489 e. The van der Waals surface area contributed by atoms with E-state index in [2.05, 4.69) is 21.9 Å². The zero-order valence-corrected chi connectivity index (χ0v) is 16.7. The van der Waals surface area contributed by atoms with Gasteiger partial charge < -0.3 is 20.1 Å². The molecule has 1 saturated heterocycles. The molecule has 0 bridgehead atoms. The van der Waals surface area contributed by atoms with Crippen molar-refractivity contribution in [1.82, 2.24) is 10.6 Å². The summed E-state index contributed by atoms with van der Waals surface area (Å²) in [6.07, 6.45) is 4.99. The van der Waals surface area contributed by atoms with Crippen molar-refractivity contribution < 1.29 is 13.9 Å². The number of guanidine groups is 1. The lowest BCUT2D eigenvalue weighted by atomic mass is 9.99. The predicted molar refractivity (Wildman–Crippen MR) is 107 cm³/mol. The van der Waals surface area contributed by atoms with E-state index in [0.29, 0.717) is 12.3 Å². The van der Waals surface area contributed by atoms with Gasteiger partial charge in [0.05, 0.1) is 6.54 Å². The summed E-state index contributed by atoms with van der Waals surface area (Å²) < 4.78 is 24.9. The van der Waals surface area contributed by atoms with Crippen molar-refractivity contribution in [3.63, 3.8) is 0 Å². The van der Waals surface area contributed by atoms with Gasteiger partial charge in [-0.25, -0.2) is 4.39 Å². The highest BCUT2D eigenvalue weighted by Gasteiger charge is 2.31. The third-order valence-corrected chi connectivity index (χ3v) is 6.11. The van der Waals surface area contributed by atoms with E-state index in [0.717, 1.165) is 45.0 Å². The molecule has 1 aliphatic heterocycles. The molecule has 1 fully saturated rings. The van der Waals surface area contributed by atoms with Gasteiger partial charge in [0.15, 0.2) is 5.96 Å². The molecule has 146 valence electrons. The second kappa shape index (κ2) is 10.6. The van der Waals surface area contributed by atoms with Gasteiger partial charge in [-0.05, 0) is 37.7 Å². The SMILES string of the molecule is CCC(CNC(=NC)NCC1(SC)CCOCC1)Oc1cccc(F)c1. The van der Waals surface area contributed by atoms with Crippen molar-refractivity contribution in [2.75, 3.05) is 39.6 Å². The van der Waals surface area contributed by atoms with Gasteiger partial charge in [0.2, 0.25) is 0 Å². The fourth-order valence-electron chi connectivity index (χ4n) is 2.87. The number of aliphatic imine (C=N–C) groups is 1. The minimum absolute atomic E-state index is 0.0621. The molecule has 2 rings (SSSR count). The Morgan fingerprint density at radius 3 is 2.77 bits per heavy atom. The molecule has 1 unspecified atom stereocenters. The van der Waals surface area contributed by atoms with E-state index in [1.807, 2.05) is 18.7 Å². The maximum atomic E-state index is 13.3. The lowest BCUT2D eigenvalue weighted by Gasteiger charge is -2.36. The maximum Gasteiger partial charge on any atom is 0.191 e. The molecule has 0 spiro atoms. The number of rotatable bonds is 8. The van der Waals surface area contributed by atoms with E-state index in [4.69, 9.17) is 9.47 Å². The summed E-state index contributed by atoms with van der Waals surface area (Å²) in [5.41, 5.74) is 0. The van der Waals surface area contributed by atoms with Crippen LogP contribution in [-0.4, -0.2) is 56.4 Å². The highest BCUT2D eigenvalue weighted by molar-refractivity contribution is 8.00. The van der Waals surface area contributed by atoms with Crippen LogP contribution in [0.2, 0.25) is 0 Å². The monoisotopic (exact) mass is 383 g/mol. The van der Waals surface area contributed by atoms with Crippen LogP contribution in [0.1, 0.15) is 26.2 Å². The molecule has 0 amide bonds. The van der Waals surface area contributed by atoms with Crippen LogP contribution < -0.4 is 15.4 Å². The van der Waals surface area contributed by atoms with Gasteiger partial charge in [0.25, 0.3) is 0 Å². The molecule has 0 aliphatic carbocycles. The van der Waals surface area contributed by atoms with Gasteiger partial charge in [-0.15, -0.1) is 0 Å². The van der Waals surface area contributed by atoms with Crippen LogP contribution in [0.15, 0.2) is 29.3 Å². The summed E-state index contributed by atoms with van der Waals surface area (Å²) >= 11 is 1.89. The Balaban J connectivity index is 1.82. The van der Waals surface area contributed by atoms with Gasteiger partial charge in [-0.2, -0.15) is 11.8 Å². The molecule has 1 atom stereocenters. The third kappa shape index (κ3) is 6.36. The lowest BCUT2D eigenvalue weighted by Crippen LogP contribution is -2.49. The highest BCUT2D eigenvalue weighted by Crippen LogP contribution is 2.32. The molecular weight excluding hydrogens is 353 g/mol. The van der Waals surface area contributed by atoms with Crippen molar-refractivity contribution >= 4 is 17.7 Å². The van der Waals surface area contributed by atoms with Crippen LogP contribution in [-0.2, 0) is 4.74 Å². The average Bonchev–Trinajstić information content (AvgIpc) is 2.67. The largest absolute Gasteiger partial charge is 0.489 e. The zero-order valence-electron chi connectivity index (χ0n) is 15.9. The minimum atomic E-state index is -0.290. The van der Waals surface area contributed by atoms with Crippen LogP contribution in [0.4, 0.5) is 4.39 Å². The number of hydrogen-bond donors (Lipinski definition) is 2. The summed E-state index contributed by atoms with van der Waals surface area (Å²) in [6, 6.07) is 6.24. The average molecular weight is 384 g/mol. The summed E-state index contributed by atoms with van der Waals surface area (Å²) in [4.78, 5) is 4.30. The first-order chi connectivity index (χ1) is 12.6. The Bertz CT molecular complexity index is 580. The van der Waals surface area contributed by atoms with Gasteiger partial charge in [0, 0.05) is 37.6 Å². The quantitative estimate of drug-likeness (QED) is 0.534. The van der Waals surface area contributed by atoms with Crippen molar-refractivity contribution in [3.05, 3.63) is 30.1 Å². The topological polar surface area (TPSA) is 54.9 Å². The van der Waals surface area contributed by atoms with Gasteiger partial charge in [0.1, 0.15) is 17.7 Å². The zero-order chi connectivity index (χ0) is 18.8. The van der Waals surface area contributed by atoms with Crippen molar-refractivity contribution in [2.24, 2.45) is 4.99 Å². The first-order valence-electron chi connectivity index (χ1n) is 9.10. The fraction of sp³-hybridized carbons (Fsp3) is 0.632. The molecule has 1 aromatic rings. The summed E-state index contributed by atoms with van der Waals surface area (Å²) in [5.74, 6) is 1.01. The van der Waals surface area contributed by atoms with Crippen LogP contribution >= 0.6 is 11.8 Å². The molecular formula is C19H30FN3O2S. The molecule has 26 heavy (non-hydrogen) atoms. The van der Waals surface area contributed by atoms with Crippen molar-refractivity contribution in [2.45, 2.75) is 37.0 Å². The van der Waals surface area contributed by atoms with Crippen LogP contribution in [0.5, 0.6) is 5.75 Å². The fourth-order valence-corrected chi connectivity index (χ4v) is 3.67. The summed E-state index contributed by atoms with van der Waals surface area (Å²) in [7, 11) is 1.76. The third-order valence-electron chi connectivity index (χ3n) is 4.69. The Morgan fingerprint density at radius 2 is 2.15 bits per heavy atom. The number of hydrogen-bond acceptors (Lipinski definition) is 4. The number of benzene rings is 1. The Labute approximate surface area is 160 Å². The van der Waals surface area contributed by atoms with Gasteiger partial charge in [-0.1, -0.05) is 13.0 Å². The molecule has 2 N–H and O–H groups in total. The molecule has 0 saturated carbocycles. The second-order valence-corrected chi connectivity index (χ2v) is 7.69. The molecule has 0 radical (unpaired) electrons. The van der Waals surface area contributed by atoms with Crippen LogP contribution in [0, 0.1) is 5.82 Å². The first-order valence-corrected chi connectivity index (χ1v) is 10.3. The molecule has 7 heteroatoms. The van der Waals surface area contributed by atoms with E-state index in [-0.39, 0.29) is 16.7 Å². The van der Waals surface area contributed by atoms with Crippen molar-refractivity contribution in [3.8, 4) is 5.75 Å². The molecule has 5 nitrogen and oxygen atoms in total. The van der Waals surface area contributed by atoms with E-state index >= 15 is 0 Å². The maximum absolute atomic E-state index is 13.3. The number of nitrogens with zero attached hydrogens (tertiary/aromatic N) is 1. The molecule has 1 aromatic carbocycles. The number of nitrogens with one attached hydrogen (secondary N) is 2. The van der Waals surface area contributed by atoms with Crippen LogP contribution in [0.3, 0.4) is 0 Å². The van der Waals surface area contributed by atoms with Crippen LogP contribution in [0.25, 0.3) is 0 Å². The van der Waals surface area contributed by atoms with Gasteiger partial charge >= 0.3 is 0 Å². The predicted octanol–water partition coefficient (Wildman–Crippen LogP) is 3.06. The molecule has 0 aromatic heterocycles. The Morgan fingerprint density at radius 1 is 1.38 bits per heavy atom. The van der Waals surface area contributed by atoms with E-state index in [1.165, 1.54) is 12.1 Å². The normalized spacial score (nSPS) is 18.2. The summed E-state index contributed by atoms with van der Waals surface area (Å²) in [5, 5.41) is 6.75. The Kier molecular flexibility index (Phi) is 8.51. The number of thioether (sulfide) groups is 1. The Hall–Kier alpha value is -1.47. The standard InChI is InChI=1S/C19H30FN3O2S/c1-4-16(25-17-7-5-6-15(20)12-17)13-22-18(21-2)23-14-19(26-3)8-10-24-11-9-19/h5-7,12,16H,4,8-11,13-14H2,1-3H3,(H2,21,22,23). The van der Waals surface area contributed by atoms with Crippen molar-refractivity contribution in [1.29, 1.82) is 0 Å². The highest BCUT2D eigenvalue weighted by atomic mass is 32.2. The molecule has 1 aliphatic rings. The second-order valence-electron chi connectivity index (χ2n) is 6.41. The number of halogens is 1. The van der Waals surface area contributed by atoms with E-state index < -0.39 is 0 Å². The van der Waals surface area contributed by atoms with E-state index in [1.54, 1.807) is 19.2 Å². The molecule has 1 heterocycles.